The molecule has 0 aliphatic carbocycles. The van der Waals surface area contributed by atoms with Crippen molar-refractivity contribution in [2.75, 3.05) is 27.9 Å². The van der Waals surface area contributed by atoms with Crippen molar-refractivity contribution in [2.24, 2.45) is 0 Å². The zero-order valence-corrected chi connectivity index (χ0v) is 21.6. The number of para-hydroxylation sites is 2. The summed E-state index contributed by atoms with van der Waals surface area (Å²) >= 11 is 0. The number of hydrogen-bond donors (Lipinski definition) is 1. The predicted molar refractivity (Wildman–Crippen MR) is 146 cm³/mol. The van der Waals surface area contributed by atoms with E-state index in [1.807, 2.05) is 48.5 Å². The standard InChI is InChI=1S/C30H29N3O5/c1-35-26-17-21(18-27(36-2)29(26)37-3)30(34)31-19-28-32-23-12-6-7-13-24(23)33(28)15-16-38-25-14-8-10-20-9-4-5-11-22(20)25/h4-14,17-18H,15-16,19H2,1-3H3,(H,31,34). The number of benzene rings is 4. The molecule has 0 aliphatic heterocycles. The van der Waals surface area contributed by atoms with Gasteiger partial charge in [0.1, 0.15) is 18.2 Å². The van der Waals surface area contributed by atoms with Crippen molar-refractivity contribution in [3.05, 3.63) is 90.3 Å². The molecule has 0 saturated heterocycles. The molecule has 38 heavy (non-hydrogen) atoms. The van der Waals surface area contributed by atoms with E-state index in [1.165, 1.54) is 21.3 Å². The zero-order valence-electron chi connectivity index (χ0n) is 21.6. The van der Waals surface area contributed by atoms with Gasteiger partial charge in [-0.2, -0.15) is 0 Å². The number of hydrogen-bond acceptors (Lipinski definition) is 6. The normalized spacial score (nSPS) is 10.9. The maximum Gasteiger partial charge on any atom is 0.251 e. The molecular weight excluding hydrogens is 482 g/mol. The lowest BCUT2D eigenvalue weighted by atomic mass is 10.1. The van der Waals surface area contributed by atoms with Crippen LogP contribution in [-0.4, -0.2) is 43.4 Å². The number of methoxy groups -OCH3 is 3. The second kappa shape index (κ2) is 11.1. The number of ether oxygens (including phenoxy) is 4. The first-order chi connectivity index (χ1) is 18.6. The Labute approximate surface area is 220 Å². The van der Waals surface area contributed by atoms with Crippen LogP contribution in [-0.2, 0) is 13.1 Å². The van der Waals surface area contributed by atoms with Crippen LogP contribution >= 0.6 is 0 Å². The molecule has 194 valence electrons. The summed E-state index contributed by atoms with van der Waals surface area (Å²) in [5.74, 6) is 2.54. The van der Waals surface area contributed by atoms with Gasteiger partial charge in [0.05, 0.1) is 45.5 Å². The predicted octanol–water partition coefficient (Wildman–Crippen LogP) is 5.22. The Morgan fingerprint density at radius 2 is 1.55 bits per heavy atom. The summed E-state index contributed by atoms with van der Waals surface area (Å²) in [6.45, 7) is 1.25. The lowest BCUT2D eigenvalue weighted by Gasteiger charge is -2.15. The third-order valence-electron chi connectivity index (χ3n) is 6.39. The van der Waals surface area contributed by atoms with Crippen LogP contribution in [0.25, 0.3) is 21.8 Å². The topological polar surface area (TPSA) is 83.8 Å². The van der Waals surface area contributed by atoms with Crippen LogP contribution in [0.3, 0.4) is 0 Å². The van der Waals surface area contributed by atoms with Crippen LogP contribution in [0.2, 0.25) is 0 Å². The maximum absolute atomic E-state index is 13.1. The number of amides is 1. The second-order valence-electron chi connectivity index (χ2n) is 8.59. The first kappa shape index (κ1) is 25.0. The largest absolute Gasteiger partial charge is 0.493 e. The molecule has 0 spiro atoms. The van der Waals surface area contributed by atoms with E-state index in [-0.39, 0.29) is 12.5 Å². The van der Waals surface area contributed by atoms with Gasteiger partial charge in [-0.15, -0.1) is 0 Å². The van der Waals surface area contributed by atoms with E-state index >= 15 is 0 Å². The molecule has 0 bridgehead atoms. The number of carbonyl (C=O) groups is 1. The fourth-order valence-electron chi connectivity index (χ4n) is 4.55. The Hall–Kier alpha value is -4.72. The van der Waals surface area contributed by atoms with Gasteiger partial charge in [-0.3, -0.25) is 4.79 Å². The molecule has 0 radical (unpaired) electrons. The van der Waals surface area contributed by atoms with Gasteiger partial charge in [-0.25, -0.2) is 4.98 Å². The molecule has 1 heterocycles. The molecule has 1 N–H and O–H groups in total. The van der Waals surface area contributed by atoms with Crippen molar-refractivity contribution in [1.29, 1.82) is 0 Å². The van der Waals surface area contributed by atoms with Crippen LogP contribution in [0, 0.1) is 0 Å². The van der Waals surface area contributed by atoms with Gasteiger partial charge in [0.2, 0.25) is 5.75 Å². The van der Waals surface area contributed by atoms with Crippen molar-refractivity contribution < 1.29 is 23.7 Å². The van der Waals surface area contributed by atoms with Crippen LogP contribution in [0.5, 0.6) is 23.0 Å². The molecule has 4 aromatic carbocycles. The van der Waals surface area contributed by atoms with Gasteiger partial charge in [0.25, 0.3) is 5.91 Å². The molecule has 1 aromatic heterocycles. The number of imidazole rings is 1. The molecule has 5 rings (SSSR count). The highest BCUT2D eigenvalue weighted by molar-refractivity contribution is 5.95. The van der Waals surface area contributed by atoms with Gasteiger partial charge < -0.3 is 28.8 Å². The minimum Gasteiger partial charge on any atom is -0.493 e. The highest BCUT2D eigenvalue weighted by atomic mass is 16.5. The number of rotatable bonds is 10. The molecule has 8 nitrogen and oxygen atoms in total. The van der Waals surface area contributed by atoms with E-state index in [4.69, 9.17) is 23.9 Å². The van der Waals surface area contributed by atoms with E-state index in [0.29, 0.717) is 36.0 Å². The van der Waals surface area contributed by atoms with Crippen molar-refractivity contribution in [2.45, 2.75) is 13.1 Å². The fraction of sp³-hybridized carbons (Fsp3) is 0.200. The van der Waals surface area contributed by atoms with E-state index in [0.717, 1.165) is 33.4 Å². The zero-order chi connectivity index (χ0) is 26.5. The summed E-state index contributed by atoms with van der Waals surface area (Å²) in [7, 11) is 4.55. The minimum atomic E-state index is -0.283. The minimum absolute atomic E-state index is 0.235. The molecular formula is C30H29N3O5. The van der Waals surface area contributed by atoms with Crippen molar-refractivity contribution in [3.8, 4) is 23.0 Å². The Morgan fingerprint density at radius 1 is 0.842 bits per heavy atom. The molecule has 0 unspecified atom stereocenters. The van der Waals surface area contributed by atoms with Gasteiger partial charge in [0.15, 0.2) is 11.5 Å². The Bertz CT molecular complexity index is 1560. The SMILES string of the molecule is COc1cc(C(=O)NCc2nc3ccccc3n2CCOc2cccc3ccccc23)cc(OC)c1OC. The summed E-state index contributed by atoms with van der Waals surface area (Å²) < 4.78 is 24.4. The molecule has 0 fully saturated rings. The smallest absolute Gasteiger partial charge is 0.251 e. The molecule has 5 aromatic rings. The summed E-state index contributed by atoms with van der Waals surface area (Å²) in [6.07, 6.45) is 0. The van der Waals surface area contributed by atoms with Crippen molar-refractivity contribution in [1.82, 2.24) is 14.9 Å². The van der Waals surface area contributed by atoms with Crippen LogP contribution in [0.4, 0.5) is 0 Å². The van der Waals surface area contributed by atoms with Crippen molar-refractivity contribution >= 4 is 27.7 Å². The lowest BCUT2D eigenvalue weighted by Crippen LogP contribution is -2.25. The van der Waals surface area contributed by atoms with Gasteiger partial charge in [-0.05, 0) is 35.7 Å². The quantitative estimate of drug-likeness (QED) is 0.277. The Balaban J connectivity index is 1.34. The fourth-order valence-corrected chi connectivity index (χ4v) is 4.55. The average molecular weight is 512 g/mol. The number of aromatic nitrogens is 2. The van der Waals surface area contributed by atoms with Gasteiger partial charge >= 0.3 is 0 Å². The summed E-state index contributed by atoms with van der Waals surface area (Å²) in [4.78, 5) is 17.9. The van der Waals surface area contributed by atoms with Crippen molar-refractivity contribution in [3.63, 3.8) is 0 Å². The summed E-state index contributed by atoms with van der Waals surface area (Å²) in [6, 6.07) is 25.3. The maximum atomic E-state index is 13.1. The van der Waals surface area contributed by atoms with E-state index in [1.54, 1.807) is 12.1 Å². The third kappa shape index (κ3) is 4.93. The molecule has 0 aliphatic rings. The number of carbonyl (C=O) groups excluding carboxylic acids is 1. The molecule has 1 amide bonds. The molecule has 8 heteroatoms. The number of nitrogens with zero attached hydrogens (tertiary/aromatic N) is 2. The summed E-state index contributed by atoms with van der Waals surface area (Å²) in [5.41, 5.74) is 2.22. The number of fused-ring (bicyclic) bond motifs is 2. The number of nitrogens with one attached hydrogen (secondary N) is 1. The monoisotopic (exact) mass is 511 g/mol. The lowest BCUT2D eigenvalue weighted by molar-refractivity contribution is 0.0948. The third-order valence-corrected chi connectivity index (χ3v) is 6.39. The van der Waals surface area contributed by atoms with Crippen LogP contribution in [0.1, 0.15) is 16.2 Å². The highest BCUT2D eigenvalue weighted by Crippen LogP contribution is 2.38. The van der Waals surface area contributed by atoms with Gasteiger partial charge in [-0.1, -0.05) is 48.5 Å². The Morgan fingerprint density at radius 3 is 2.32 bits per heavy atom. The van der Waals surface area contributed by atoms with Gasteiger partial charge in [0, 0.05) is 10.9 Å². The van der Waals surface area contributed by atoms with Crippen LogP contribution < -0.4 is 24.3 Å². The summed E-state index contributed by atoms with van der Waals surface area (Å²) in [5, 5.41) is 5.18. The molecule has 0 saturated carbocycles. The first-order valence-electron chi connectivity index (χ1n) is 12.3. The second-order valence-corrected chi connectivity index (χ2v) is 8.59. The molecule has 0 atom stereocenters. The highest BCUT2D eigenvalue weighted by Gasteiger charge is 2.18. The Kier molecular flexibility index (Phi) is 7.31. The average Bonchev–Trinajstić information content (AvgIpc) is 3.32. The van der Waals surface area contributed by atoms with E-state index in [2.05, 4.69) is 28.1 Å². The van der Waals surface area contributed by atoms with E-state index in [9.17, 15) is 4.79 Å². The first-order valence-corrected chi connectivity index (χ1v) is 12.3. The van der Waals surface area contributed by atoms with Crippen LogP contribution in [0.15, 0.2) is 78.9 Å². The van der Waals surface area contributed by atoms with E-state index < -0.39 is 0 Å².